The average Bonchev–Trinajstić information content (AvgIpc) is 2.43. The van der Waals surface area contributed by atoms with E-state index in [-0.39, 0.29) is 6.61 Å². The minimum atomic E-state index is 0.264. The van der Waals surface area contributed by atoms with Crippen LogP contribution in [0.4, 0.5) is 0 Å². The van der Waals surface area contributed by atoms with Crippen LogP contribution in [-0.2, 0) is 0 Å². The van der Waals surface area contributed by atoms with Crippen molar-refractivity contribution in [2.24, 2.45) is 5.92 Å². The minimum Gasteiger partial charge on any atom is -0.497 e. The summed E-state index contributed by atoms with van der Waals surface area (Å²) in [5.74, 6) is 3.25. The lowest BCUT2D eigenvalue weighted by atomic mass is 10.1. The summed E-state index contributed by atoms with van der Waals surface area (Å²) in [6.45, 7) is 2.33. The molecule has 0 saturated heterocycles. The van der Waals surface area contributed by atoms with Crippen LogP contribution in [0.2, 0.25) is 0 Å². The van der Waals surface area contributed by atoms with Crippen molar-refractivity contribution in [1.82, 2.24) is 5.32 Å². The number of thioether (sulfide) groups is 1. The number of hydrogen-bond donors (Lipinski definition) is 2. The van der Waals surface area contributed by atoms with E-state index in [1.807, 2.05) is 30.9 Å². The Kier molecular flexibility index (Phi) is 7.16. The quantitative estimate of drug-likeness (QED) is 0.760. The van der Waals surface area contributed by atoms with Crippen LogP contribution < -0.4 is 10.1 Å². The molecular formula is C14H23NO2S. The lowest BCUT2D eigenvalue weighted by molar-refractivity contribution is 0.250. The van der Waals surface area contributed by atoms with Gasteiger partial charge in [-0.1, -0.05) is 19.1 Å². The van der Waals surface area contributed by atoms with Crippen molar-refractivity contribution in [3.8, 4) is 5.75 Å². The summed E-state index contributed by atoms with van der Waals surface area (Å²) in [6, 6.07) is 8.50. The zero-order chi connectivity index (χ0) is 13.4. The van der Waals surface area contributed by atoms with Crippen molar-refractivity contribution in [2.45, 2.75) is 13.0 Å². The van der Waals surface area contributed by atoms with Gasteiger partial charge in [0.2, 0.25) is 0 Å². The van der Waals surface area contributed by atoms with Gasteiger partial charge < -0.3 is 15.2 Å². The third-order valence-electron chi connectivity index (χ3n) is 2.87. The second kappa shape index (κ2) is 8.40. The van der Waals surface area contributed by atoms with Crippen LogP contribution >= 0.6 is 11.8 Å². The van der Waals surface area contributed by atoms with Crippen LogP contribution in [0.15, 0.2) is 24.3 Å². The highest BCUT2D eigenvalue weighted by Gasteiger charge is 2.10. The van der Waals surface area contributed by atoms with Crippen molar-refractivity contribution < 1.29 is 9.84 Å². The second-order valence-corrected chi connectivity index (χ2v) is 5.51. The van der Waals surface area contributed by atoms with E-state index in [1.54, 1.807) is 7.11 Å². The molecule has 0 amide bonds. The van der Waals surface area contributed by atoms with Gasteiger partial charge in [-0.3, -0.25) is 0 Å². The number of nitrogens with one attached hydrogen (secondary N) is 1. The maximum Gasteiger partial charge on any atom is 0.118 e. The Morgan fingerprint density at radius 2 is 1.94 bits per heavy atom. The smallest absolute Gasteiger partial charge is 0.118 e. The summed E-state index contributed by atoms with van der Waals surface area (Å²) in [6.07, 6.45) is 0. The first kappa shape index (κ1) is 15.3. The van der Waals surface area contributed by atoms with Gasteiger partial charge in [-0.05, 0) is 36.4 Å². The predicted octanol–water partition coefficient (Wildman–Crippen LogP) is 2.32. The fraction of sp³-hybridized carbons (Fsp3) is 0.571. The highest BCUT2D eigenvalue weighted by Crippen LogP contribution is 2.22. The Hall–Kier alpha value is -0.710. The van der Waals surface area contributed by atoms with E-state index in [4.69, 9.17) is 9.84 Å². The molecule has 0 saturated carbocycles. The summed E-state index contributed by atoms with van der Waals surface area (Å²) in [7, 11) is 3.65. The third kappa shape index (κ3) is 4.88. The molecule has 0 aliphatic heterocycles. The van der Waals surface area contributed by atoms with Gasteiger partial charge in [-0.25, -0.2) is 0 Å². The van der Waals surface area contributed by atoms with Gasteiger partial charge in [-0.2, -0.15) is 11.8 Å². The molecule has 0 radical (unpaired) electrons. The van der Waals surface area contributed by atoms with Crippen molar-refractivity contribution in [2.75, 3.05) is 32.3 Å². The summed E-state index contributed by atoms with van der Waals surface area (Å²) < 4.78 is 5.16. The van der Waals surface area contributed by atoms with Crippen molar-refractivity contribution in [3.63, 3.8) is 0 Å². The van der Waals surface area contributed by atoms with Gasteiger partial charge in [0.25, 0.3) is 0 Å². The van der Waals surface area contributed by atoms with Crippen LogP contribution in [0.25, 0.3) is 0 Å². The lowest BCUT2D eigenvalue weighted by Crippen LogP contribution is -2.19. The van der Waals surface area contributed by atoms with Gasteiger partial charge in [-0.15, -0.1) is 0 Å². The van der Waals surface area contributed by atoms with E-state index in [0.29, 0.717) is 12.0 Å². The minimum absolute atomic E-state index is 0.264. The standard InChI is InChI=1S/C14H23NO2S/c1-11(8-16)9-18-10-14(15-2)12-4-6-13(17-3)7-5-12/h4-7,11,14-16H,8-10H2,1-3H3. The average molecular weight is 269 g/mol. The number of methoxy groups -OCH3 is 1. The molecule has 18 heavy (non-hydrogen) atoms. The molecule has 2 unspecified atom stereocenters. The molecule has 0 fully saturated rings. The Bertz CT molecular complexity index is 329. The van der Waals surface area contributed by atoms with E-state index in [1.165, 1.54) is 5.56 Å². The number of rotatable bonds is 8. The lowest BCUT2D eigenvalue weighted by Gasteiger charge is -2.17. The second-order valence-electron chi connectivity index (χ2n) is 4.44. The van der Waals surface area contributed by atoms with Gasteiger partial charge in [0.1, 0.15) is 5.75 Å². The topological polar surface area (TPSA) is 41.5 Å². The Balaban J connectivity index is 2.49. The van der Waals surface area contributed by atoms with E-state index in [9.17, 15) is 0 Å². The van der Waals surface area contributed by atoms with Gasteiger partial charge >= 0.3 is 0 Å². The third-order valence-corrected chi connectivity index (χ3v) is 4.24. The largest absolute Gasteiger partial charge is 0.497 e. The first-order valence-electron chi connectivity index (χ1n) is 6.21. The molecule has 0 aliphatic rings. The SMILES string of the molecule is CNC(CSCC(C)CO)c1ccc(OC)cc1. The fourth-order valence-electron chi connectivity index (χ4n) is 1.62. The predicted molar refractivity (Wildman–Crippen MR) is 78.4 cm³/mol. The molecule has 0 spiro atoms. The molecule has 1 aromatic rings. The van der Waals surface area contributed by atoms with Crippen LogP contribution in [0, 0.1) is 5.92 Å². The summed E-state index contributed by atoms with van der Waals surface area (Å²) in [5.41, 5.74) is 1.27. The molecule has 0 aliphatic carbocycles. The van der Waals surface area contributed by atoms with Crippen molar-refractivity contribution >= 4 is 11.8 Å². The van der Waals surface area contributed by atoms with Gasteiger partial charge in [0.05, 0.1) is 7.11 Å². The number of benzene rings is 1. The van der Waals surface area contributed by atoms with Gasteiger partial charge in [0.15, 0.2) is 0 Å². The molecule has 2 atom stereocenters. The summed E-state index contributed by atoms with van der Waals surface area (Å²) in [5, 5.41) is 12.3. The molecule has 1 rings (SSSR count). The van der Waals surface area contributed by atoms with E-state index in [0.717, 1.165) is 17.3 Å². The number of aliphatic hydroxyl groups excluding tert-OH is 1. The zero-order valence-electron chi connectivity index (χ0n) is 11.3. The number of ether oxygens (including phenoxy) is 1. The maximum atomic E-state index is 8.99. The molecule has 1 aromatic carbocycles. The molecule has 0 heterocycles. The van der Waals surface area contributed by atoms with Crippen LogP contribution in [-0.4, -0.2) is 37.4 Å². The van der Waals surface area contributed by atoms with E-state index in [2.05, 4.69) is 24.4 Å². The molecule has 3 nitrogen and oxygen atoms in total. The van der Waals surface area contributed by atoms with E-state index < -0.39 is 0 Å². The number of aliphatic hydroxyl groups is 1. The first-order valence-corrected chi connectivity index (χ1v) is 7.36. The number of hydrogen-bond acceptors (Lipinski definition) is 4. The maximum absolute atomic E-state index is 8.99. The molecule has 0 aromatic heterocycles. The molecular weight excluding hydrogens is 246 g/mol. The Morgan fingerprint density at radius 1 is 1.28 bits per heavy atom. The fourth-order valence-corrected chi connectivity index (χ4v) is 2.86. The first-order chi connectivity index (χ1) is 8.71. The van der Waals surface area contributed by atoms with Crippen LogP contribution in [0.1, 0.15) is 18.5 Å². The molecule has 4 heteroatoms. The zero-order valence-corrected chi connectivity index (χ0v) is 12.2. The highest BCUT2D eigenvalue weighted by molar-refractivity contribution is 7.99. The molecule has 2 N–H and O–H groups in total. The monoisotopic (exact) mass is 269 g/mol. The van der Waals surface area contributed by atoms with E-state index >= 15 is 0 Å². The van der Waals surface area contributed by atoms with Gasteiger partial charge in [0, 0.05) is 18.4 Å². The van der Waals surface area contributed by atoms with Crippen molar-refractivity contribution in [3.05, 3.63) is 29.8 Å². The van der Waals surface area contributed by atoms with Crippen LogP contribution in [0.5, 0.6) is 5.75 Å². The normalized spacial score (nSPS) is 14.2. The highest BCUT2D eigenvalue weighted by atomic mass is 32.2. The molecule has 102 valence electrons. The summed E-state index contributed by atoms with van der Waals surface area (Å²) in [4.78, 5) is 0. The van der Waals surface area contributed by atoms with Crippen molar-refractivity contribution in [1.29, 1.82) is 0 Å². The van der Waals surface area contributed by atoms with Crippen LogP contribution in [0.3, 0.4) is 0 Å². The Labute approximate surface area is 114 Å². The molecule has 0 bridgehead atoms. The summed E-state index contributed by atoms with van der Waals surface area (Å²) >= 11 is 1.87. The Morgan fingerprint density at radius 3 is 2.44 bits per heavy atom.